The second kappa shape index (κ2) is 8.48. The quantitative estimate of drug-likeness (QED) is 0.830. The molecule has 1 N–H and O–H groups in total. The van der Waals surface area contributed by atoms with Crippen LogP contribution in [0.2, 0.25) is 0 Å². The number of hydrogen-bond acceptors (Lipinski definition) is 6. The van der Waals surface area contributed by atoms with Gasteiger partial charge in [0.15, 0.2) is 6.10 Å². The smallest absolute Gasteiger partial charge is 0.254 e. The van der Waals surface area contributed by atoms with Gasteiger partial charge in [-0.2, -0.15) is 0 Å². The summed E-state index contributed by atoms with van der Waals surface area (Å²) in [6.45, 7) is 2.47. The molecule has 2 amide bonds. The van der Waals surface area contributed by atoms with Crippen molar-refractivity contribution >= 4 is 17.5 Å². The van der Waals surface area contributed by atoms with Crippen molar-refractivity contribution in [3.05, 3.63) is 54.2 Å². The van der Waals surface area contributed by atoms with E-state index >= 15 is 0 Å². The van der Waals surface area contributed by atoms with Crippen LogP contribution >= 0.6 is 0 Å². The Morgan fingerprint density at radius 2 is 1.90 bits per heavy atom. The Balaban J connectivity index is 1.42. The van der Waals surface area contributed by atoms with Crippen molar-refractivity contribution in [3.63, 3.8) is 0 Å². The van der Waals surface area contributed by atoms with Gasteiger partial charge in [-0.25, -0.2) is 4.98 Å². The van der Waals surface area contributed by atoms with E-state index in [0.29, 0.717) is 32.1 Å². The van der Waals surface area contributed by atoms with Gasteiger partial charge >= 0.3 is 0 Å². The van der Waals surface area contributed by atoms with Crippen molar-refractivity contribution in [2.45, 2.75) is 12.1 Å². The van der Waals surface area contributed by atoms with E-state index < -0.39 is 12.1 Å². The number of ether oxygens (including phenoxy) is 2. The molecule has 0 radical (unpaired) electrons. The number of carbonyl (C=O) groups is 2. The van der Waals surface area contributed by atoms with E-state index in [4.69, 9.17) is 9.47 Å². The number of aromatic nitrogens is 1. The maximum atomic E-state index is 13.2. The van der Waals surface area contributed by atoms with Crippen LogP contribution in [0.4, 0.5) is 5.69 Å². The Kier molecular flexibility index (Phi) is 5.62. The van der Waals surface area contributed by atoms with E-state index in [1.54, 1.807) is 13.3 Å². The summed E-state index contributed by atoms with van der Waals surface area (Å²) in [7, 11) is 1.59. The Bertz CT molecular complexity index is 851. The van der Waals surface area contributed by atoms with Crippen molar-refractivity contribution in [1.29, 1.82) is 0 Å². The second-order valence-corrected chi connectivity index (χ2v) is 7.06. The lowest BCUT2D eigenvalue weighted by Crippen LogP contribution is -2.57. The molecule has 0 bridgehead atoms. The van der Waals surface area contributed by atoms with Gasteiger partial charge < -0.3 is 24.6 Å². The molecule has 1 aromatic carbocycles. The fourth-order valence-corrected chi connectivity index (χ4v) is 3.73. The molecule has 2 atom stereocenters. The van der Waals surface area contributed by atoms with Crippen molar-refractivity contribution in [1.82, 2.24) is 15.2 Å². The predicted molar refractivity (Wildman–Crippen MR) is 107 cm³/mol. The van der Waals surface area contributed by atoms with Crippen molar-refractivity contribution < 1.29 is 19.1 Å². The number of amides is 2. The van der Waals surface area contributed by atoms with Crippen molar-refractivity contribution in [3.8, 4) is 5.88 Å². The van der Waals surface area contributed by atoms with E-state index in [2.05, 4.69) is 15.2 Å². The number of methoxy groups -OCH3 is 1. The van der Waals surface area contributed by atoms with E-state index in [0.717, 1.165) is 11.3 Å². The van der Waals surface area contributed by atoms with Gasteiger partial charge in [-0.05, 0) is 11.6 Å². The fraction of sp³-hybridized carbons (Fsp3) is 0.381. The summed E-state index contributed by atoms with van der Waals surface area (Å²) in [5, 5.41) is 2.91. The molecule has 4 rings (SSSR count). The maximum Gasteiger partial charge on any atom is 0.254 e. The fourth-order valence-electron chi connectivity index (χ4n) is 3.73. The zero-order valence-electron chi connectivity index (χ0n) is 16.3. The van der Waals surface area contributed by atoms with Crippen LogP contribution in [0.5, 0.6) is 5.88 Å². The lowest BCUT2D eigenvalue weighted by atomic mass is 9.98. The highest BCUT2D eigenvalue weighted by atomic mass is 16.5. The number of benzene rings is 1. The number of hydrogen-bond donors (Lipinski definition) is 1. The van der Waals surface area contributed by atoms with E-state index in [-0.39, 0.29) is 18.4 Å². The van der Waals surface area contributed by atoms with Gasteiger partial charge in [0, 0.05) is 32.2 Å². The minimum absolute atomic E-state index is 0.0913. The van der Waals surface area contributed by atoms with Crippen LogP contribution < -0.4 is 15.0 Å². The Morgan fingerprint density at radius 1 is 1.14 bits per heavy atom. The first-order chi connectivity index (χ1) is 14.2. The standard InChI is InChI=1S/C21H24N4O4/c1-28-18-8-7-16(13-22-18)24-9-11-25(12-10-24)21(27)20-19(23-17(26)14-29-20)15-5-3-2-4-6-15/h2-8,13,19-20H,9-12,14H2,1H3,(H,23,26)/t19-,20+/m1/s1. The van der Waals surface area contributed by atoms with Crippen LogP contribution in [-0.4, -0.2) is 67.7 Å². The summed E-state index contributed by atoms with van der Waals surface area (Å²) in [6.07, 6.45) is 1.06. The monoisotopic (exact) mass is 396 g/mol. The van der Waals surface area contributed by atoms with Crippen molar-refractivity contribution in [2.24, 2.45) is 0 Å². The van der Waals surface area contributed by atoms with Crippen LogP contribution in [-0.2, 0) is 14.3 Å². The zero-order chi connectivity index (χ0) is 20.2. The first-order valence-electron chi connectivity index (χ1n) is 9.65. The minimum atomic E-state index is -0.718. The predicted octanol–water partition coefficient (Wildman–Crippen LogP) is 0.995. The molecule has 1 aromatic heterocycles. The zero-order valence-corrected chi connectivity index (χ0v) is 16.3. The molecule has 3 heterocycles. The Morgan fingerprint density at radius 3 is 2.55 bits per heavy atom. The number of carbonyl (C=O) groups excluding carboxylic acids is 2. The molecule has 8 heteroatoms. The third-order valence-electron chi connectivity index (χ3n) is 5.30. The molecule has 0 unspecified atom stereocenters. The van der Waals surface area contributed by atoms with Crippen LogP contribution in [0.15, 0.2) is 48.7 Å². The Hall–Kier alpha value is -3.13. The molecule has 0 aliphatic carbocycles. The third kappa shape index (κ3) is 4.17. The van der Waals surface area contributed by atoms with Crippen LogP contribution in [0.25, 0.3) is 0 Å². The van der Waals surface area contributed by atoms with Crippen LogP contribution in [0, 0.1) is 0 Å². The molecule has 2 aromatic rings. The maximum absolute atomic E-state index is 13.2. The van der Waals surface area contributed by atoms with Gasteiger partial charge in [-0.15, -0.1) is 0 Å². The molecule has 2 aliphatic heterocycles. The van der Waals surface area contributed by atoms with E-state index in [1.165, 1.54) is 0 Å². The second-order valence-electron chi connectivity index (χ2n) is 7.06. The minimum Gasteiger partial charge on any atom is -0.481 e. The van der Waals surface area contributed by atoms with E-state index in [9.17, 15) is 9.59 Å². The third-order valence-corrected chi connectivity index (χ3v) is 5.30. The molecular formula is C21H24N4O4. The molecule has 29 heavy (non-hydrogen) atoms. The van der Waals surface area contributed by atoms with Gasteiger partial charge in [0.1, 0.15) is 6.61 Å². The number of nitrogens with zero attached hydrogens (tertiary/aromatic N) is 3. The number of morpholine rings is 1. The summed E-state index contributed by atoms with van der Waals surface area (Å²) in [5.41, 5.74) is 1.86. The molecule has 152 valence electrons. The normalized spacial score (nSPS) is 22.2. The number of rotatable bonds is 4. The summed E-state index contributed by atoms with van der Waals surface area (Å²) in [5.74, 6) is 0.275. The lowest BCUT2D eigenvalue weighted by molar-refractivity contribution is -0.155. The average Bonchev–Trinajstić information content (AvgIpc) is 2.79. The van der Waals surface area contributed by atoms with Gasteiger partial charge in [0.25, 0.3) is 5.91 Å². The average molecular weight is 396 g/mol. The van der Waals surface area contributed by atoms with Crippen molar-refractivity contribution in [2.75, 3.05) is 44.8 Å². The lowest BCUT2D eigenvalue weighted by Gasteiger charge is -2.39. The highest BCUT2D eigenvalue weighted by Gasteiger charge is 2.39. The number of pyridine rings is 1. The van der Waals surface area contributed by atoms with E-state index in [1.807, 2.05) is 47.4 Å². The summed E-state index contributed by atoms with van der Waals surface area (Å²) < 4.78 is 10.8. The summed E-state index contributed by atoms with van der Waals surface area (Å²) in [6, 6.07) is 12.8. The highest BCUT2D eigenvalue weighted by Crippen LogP contribution is 2.25. The summed E-state index contributed by atoms with van der Waals surface area (Å²) in [4.78, 5) is 33.3. The molecule has 0 spiro atoms. The largest absolute Gasteiger partial charge is 0.481 e. The SMILES string of the molecule is COc1ccc(N2CCN(C(=O)[C@H]3OCC(=O)N[C@@H]3c3ccccc3)CC2)cn1. The highest BCUT2D eigenvalue weighted by molar-refractivity contribution is 5.86. The topological polar surface area (TPSA) is 84.0 Å². The first kappa shape index (κ1) is 19.2. The van der Waals surface area contributed by atoms with Gasteiger partial charge in [-0.3, -0.25) is 9.59 Å². The number of nitrogens with one attached hydrogen (secondary N) is 1. The summed E-state index contributed by atoms with van der Waals surface area (Å²) >= 11 is 0. The molecule has 2 aliphatic rings. The molecule has 8 nitrogen and oxygen atoms in total. The van der Waals surface area contributed by atoms with Crippen LogP contribution in [0.1, 0.15) is 11.6 Å². The number of anilines is 1. The van der Waals surface area contributed by atoms with Gasteiger partial charge in [-0.1, -0.05) is 30.3 Å². The number of piperazine rings is 1. The molecule has 0 saturated carbocycles. The van der Waals surface area contributed by atoms with Crippen LogP contribution in [0.3, 0.4) is 0 Å². The Labute approximate surface area is 169 Å². The first-order valence-corrected chi connectivity index (χ1v) is 9.65. The van der Waals surface area contributed by atoms with Gasteiger partial charge in [0.05, 0.1) is 25.0 Å². The molecule has 2 fully saturated rings. The molecule has 2 saturated heterocycles. The molecular weight excluding hydrogens is 372 g/mol. The van der Waals surface area contributed by atoms with Gasteiger partial charge in [0.2, 0.25) is 11.8 Å².